The lowest BCUT2D eigenvalue weighted by Crippen LogP contribution is -2.40. The topological polar surface area (TPSA) is 94.2 Å². The van der Waals surface area contributed by atoms with Crippen LogP contribution in [-0.2, 0) is 26.0 Å². The number of halogens is 2. The SMILES string of the molecule is COc1ccc(/C=C/C(=O)NCCc2ccc(OC(F)F)cc2)cc1S(=O)(=O)N1CCOCC1. The molecular formula is C23H26F2N2O6S. The standard InChI is InChI=1S/C23H26F2N2O6S/c1-31-20-8-4-18(16-21(20)34(29,30)27-12-14-32-15-13-27)5-9-22(28)26-11-10-17-2-6-19(7-3-17)33-23(24)25/h2-9,16,23H,10-15H2,1H3,(H,26,28)/b9-5+. The first-order valence-electron chi connectivity index (χ1n) is 10.5. The van der Waals surface area contributed by atoms with Crippen molar-refractivity contribution < 1.29 is 36.2 Å². The van der Waals surface area contributed by atoms with Gasteiger partial charge >= 0.3 is 6.61 Å². The van der Waals surface area contributed by atoms with E-state index in [-0.39, 0.29) is 35.4 Å². The monoisotopic (exact) mass is 496 g/mol. The number of amides is 1. The van der Waals surface area contributed by atoms with Crippen molar-refractivity contribution in [3.63, 3.8) is 0 Å². The van der Waals surface area contributed by atoms with Crippen molar-refractivity contribution in [1.29, 1.82) is 0 Å². The summed E-state index contributed by atoms with van der Waals surface area (Å²) >= 11 is 0. The van der Waals surface area contributed by atoms with E-state index in [4.69, 9.17) is 9.47 Å². The molecule has 1 amide bonds. The summed E-state index contributed by atoms with van der Waals surface area (Å²) in [4.78, 5) is 12.2. The Kier molecular flexibility index (Phi) is 8.97. The number of nitrogens with one attached hydrogen (secondary N) is 1. The minimum atomic E-state index is -3.78. The number of hydrogen-bond acceptors (Lipinski definition) is 6. The minimum Gasteiger partial charge on any atom is -0.495 e. The van der Waals surface area contributed by atoms with Gasteiger partial charge in [-0.1, -0.05) is 18.2 Å². The Bertz CT molecular complexity index is 1100. The highest BCUT2D eigenvalue weighted by molar-refractivity contribution is 7.89. The third-order valence-corrected chi connectivity index (χ3v) is 6.98. The van der Waals surface area contributed by atoms with Crippen LogP contribution < -0.4 is 14.8 Å². The smallest absolute Gasteiger partial charge is 0.387 e. The molecule has 0 radical (unpaired) electrons. The fourth-order valence-corrected chi connectivity index (χ4v) is 4.92. The molecule has 2 aromatic carbocycles. The van der Waals surface area contributed by atoms with Crippen LogP contribution in [0.15, 0.2) is 53.4 Å². The molecule has 0 aliphatic carbocycles. The molecule has 1 aliphatic rings. The Hall–Kier alpha value is -3.02. The van der Waals surface area contributed by atoms with Crippen molar-refractivity contribution in [3.05, 3.63) is 59.7 Å². The summed E-state index contributed by atoms with van der Waals surface area (Å²) in [6.07, 6.45) is 3.33. The van der Waals surface area contributed by atoms with Crippen LogP contribution in [-0.4, -0.2) is 65.2 Å². The molecule has 11 heteroatoms. The average molecular weight is 497 g/mol. The van der Waals surface area contributed by atoms with E-state index in [1.54, 1.807) is 24.3 Å². The van der Waals surface area contributed by atoms with Gasteiger partial charge in [0.05, 0.1) is 20.3 Å². The number of alkyl halides is 2. The lowest BCUT2D eigenvalue weighted by molar-refractivity contribution is -0.116. The second-order valence-corrected chi connectivity index (χ2v) is 9.23. The maximum absolute atomic E-state index is 13.0. The number of rotatable bonds is 10. The summed E-state index contributed by atoms with van der Waals surface area (Å²) in [5.74, 6) is -0.0654. The van der Waals surface area contributed by atoms with Crippen molar-refractivity contribution in [1.82, 2.24) is 9.62 Å². The number of sulfonamides is 1. The predicted octanol–water partition coefficient (Wildman–Crippen LogP) is 2.69. The molecule has 2 aromatic rings. The molecule has 184 valence electrons. The van der Waals surface area contributed by atoms with Crippen LogP contribution in [0.1, 0.15) is 11.1 Å². The number of carbonyl (C=O) groups is 1. The lowest BCUT2D eigenvalue weighted by Gasteiger charge is -2.26. The molecule has 1 fully saturated rings. The molecule has 0 spiro atoms. The van der Waals surface area contributed by atoms with E-state index in [0.29, 0.717) is 31.7 Å². The van der Waals surface area contributed by atoms with E-state index in [1.807, 2.05) is 0 Å². The van der Waals surface area contributed by atoms with Gasteiger partial charge in [0.25, 0.3) is 0 Å². The van der Waals surface area contributed by atoms with Gasteiger partial charge in [-0.2, -0.15) is 13.1 Å². The lowest BCUT2D eigenvalue weighted by atomic mass is 10.1. The van der Waals surface area contributed by atoms with Gasteiger partial charge in [-0.3, -0.25) is 4.79 Å². The van der Waals surface area contributed by atoms with Crippen molar-refractivity contribution in [3.8, 4) is 11.5 Å². The molecule has 1 aliphatic heterocycles. The normalized spacial score (nSPS) is 14.9. The van der Waals surface area contributed by atoms with Crippen LogP contribution in [0.2, 0.25) is 0 Å². The van der Waals surface area contributed by atoms with Gasteiger partial charge in [-0.25, -0.2) is 8.42 Å². The maximum Gasteiger partial charge on any atom is 0.387 e. The van der Waals surface area contributed by atoms with Crippen molar-refractivity contribution in [2.24, 2.45) is 0 Å². The summed E-state index contributed by atoms with van der Waals surface area (Å²) in [5, 5.41) is 2.73. The summed E-state index contributed by atoms with van der Waals surface area (Å²) in [6, 6.07) is 10.8. The molecular weight excluding hydrogens is 470 g/mol. The molecule has 8 nitrogen and oxygen atoms in total. The number of nitrogens with zero attached hydrogens (tertiary/aromatic N) is 1. The first kappa shape index (κ1) is 25.6. The molecule has 0 unspecified atom stereocenters. The molecule has 3 rings (SSSR count). The number of carbonyl (C=O) groups excluding carboxylic acids is 1. The summed E-state index contributed by atoms with van der Waals surface area (Å²) in [5.41, 5.74) is 1.37. The fourth-order valence-electron chi connectivity index (χ4n) is 3.32. The Labute approximate surface area is 197 Å². The van der Waals surface area contributed by atoms with Crippen LogP contribution in [0.5, 0.6) is 11.5 Å². The summed E-state index contributed by atoms with van der Waals surface area (Å²) < 4.78 is 66.6. The van der Waals surface area contributed by atoms with Gasteiger partial charge in [-0.05, 0) is 47.9 Å². The average Bonchev–Trinajstić information content (AvgIpc) is 2.84. The highest BCUT2D eigenvalue weighted by atomic mass is 32.2. The van der Waals surface area contributed by atoms with E-state index in [1.165, 1.54) is 41.8 Å². The second kappa shape index (κ2) is 11.9. The van der Waals surface area contributed by atoms with Crippen molar-refractivity contribution in [2.75, 3.05) is 40.0 Å². The van der Waals surface area contributed by atoms with Crippen LogP contribution in [0.3, 0.4) is 0 Å². The van der Waals surface area contributed by atoms with Gasteiger partial charge in [0.1, 0.15) is 16.4 Å². The Morgan fingerprint density at radius 1 is 1.18 bits per heavy atom. The molecule has 0 bridgehead atoms. The third-order valence-electron chi connectivity index (χ3n) is 5.06. The number of benzene rings is 2. The molecule has 1 saturated heterocycles. The maximum atomic E-state index is 13.0. The van der Waals surface area contributed by atoms with E-state index >= 15 is 0 Å². The zero-order valence-corrected chi connectivity index (χ0v) is 19.4. The van der Waals surface area contributed by atoms with E-state index in [2.05, 4.69) is 10.1 Å². The number of hydrogen-bond donors (Lipinski definition) is 1. The Morgan fingerprint density at radius 3 is 2.53 bits per heavy atom. The summed E-state index contributed by atoms with van der Waals surface area (Å²) in [7, 11) is -2.38. The molecule has 1 heterocycles. The van der Waals surface area contributed by atoms with E-state index in [0.717, 1.165) is 5.56 Å². The number of ether oxygens (including phenoxy) is 3. The van der Waals surface area contributed by atoms with Crippen LogP contribution in [0.25, 0.3) is 6.08 Å². The van der Waals surface area contributed by atoms with Gasteiger partial charge in [0.2, 0.25) is 15.9 Å². The predicted molar refractivity (Wildman–Crippen MR) is 121 cm³/mol. The van der Waals surface area contributed by atoms with Gasteiger partial charge in [-0.15, -0.1) is 0 Å². The third kappa shape index (κ3) is 6.99. The van der Waals surface area contributed by atoms with Crippen LogP contribution >= 0.6 is 0 Å². The molecule has 0 aromatic heterocycles. The van der Waals surface area contributed by atoms with Crippen LogP contribution in [0.4, 0.5) is 8.78 Å². The second-order valence-electron chi connectivity index (χ2n) is 7.32. The van der Waals surface area contributed by atoms with E-state index < -0.39 is 16.6 Å². The molecule has 1 N–H and O–H groups in total. The molecule has 0 atom stereocenters. The van der Waals surface area contributed by atoms with Gasteiger partial charge in [0.15, 0.2) is 0 Å². The Balaban J connectivity index is 1.59. The largest absolute Gasteiger partial charge is 0.495 e. The van der Waals surface area contributed by atoms with Gasteiger partial charge in [0, 0.05) is 25.7 Å². The van der Waals surface area contributed by atoms with Crippen LogP contribution in [0, 0.1) is 0 Å². The fraction of sp³-hybridized carbons (Fsp3) is 0.348. The number of morpholine rings is 1. The highest BCUT2D eigenvalue weighted by Gasteiger charge is 2.29. The Morgan fingerprint density at radius 2 is 1.88 bits per heavy atom. The first-order chi connectivity index (χ1) is 16.3. The molecule has 0 saturated carbocycles. The van der Waals surface area contributed by atoms with Crippen molar-refractivity contribution in [2.45, 2.75) is 17.9 Å². The van der Waals surface area contributed by atoms with Crippen molar-refractivity contribution >= 4 is 22.0 Å². The highest BCUT2D eigenvalue weighted by Crippen LogP contribution is 2.28. The summed E-state index contributed by atoms with van der Waals surface area (Å²) in [6.45, 7) is -1.37. The zero-order chi connectivity index (χ0) is 24.6. The first-order valence-corrected chi connectivity index (χ1v) is 12.0. The number of methoxy groups -OCH3 is 1. The minimum absolute atomic E-state index is 0.0266. The van der Waals surface area contributed by atoms with E-state index in [9.17, 15) is 22.0 Å². The zero-order valence-electron chi connectivity index (χ0n) is 18.6. The molecule has 34 heavy (non-hydrogen) atoms. The quantitative estimate of drug-likeness (QED) is 0.509. The van der Waals surface area contributed by atoms with Gasteiger partial charge < -0.3 is 19.5 Å².